The molecule has 0 aliphatic carbocycles. The molecule has 0 amide bonds. The SMILES string of the molecule is COC(=O)c1ccc(N(C)C(C)C)cc1. The first-order valence-corrected chi connectivity index (χ1v) is 4.97. The van der Waals surface area contributed by atoms with Gasteiger partial charge in [-0.15, -0.1) is 0 Å². The van der Waals surface area contributed by atoms with Gasteiger partial charge in [0.15, 0.2) is 0 Å². The van der Waals surface area contributed by atoms with Gasteiger partial charge in [0.2, 0.25) is 0 Å². The number of methoxy groups -OCH3 is 1. The smallest absolute Gasteiger partial charge is 0.337 e. The zero-order valence-electron chi connectivity index (χ0n) is 9.65. The van der Waals surface area contributed by atoms with Crippen molar-refractivity contribution in [2.75, 3.05) is 19.1 Å². The summed E-state index contributed by atoms with van der Waals surface area (Å²) in [5.74, 6) is -0.297. The van der Waals surface area contributed by atoms with Gasteiger partial charge in [-0.1, -0.05) is 0 Å². The number of hydrogen-bond donors (Lipinski definition) is 0. The maximum Gasteiger partial charge on any atom is 0.337 e. The van der Waals surface area contributed by atoms with E-state index < -0.39 is 0 Å². The summed E-state index contributed by atoms with van der Waals surface area (Å²) in [5.41, 5.74) is 1.68. The Morgan fingerprint density at radius 3 is 2.20 bits per heavy atom. The molecule has 0 aliphatic heterocycles. The summed E-state index contributed by atoms with van der Waals surface area (Å²) in [4.78, 5) is 13.3. The number of carbonyl (C=O) groups is 1. The first kappa shape index (κ1) is 11.6. The average Bonchev–Trinajstić information content (AvgIpc) is 2.27. The van der Waals surface area contributed by atoms with Crippen LogP contribution in [0.2, 0.25) is 0 Å². The average molecular weight is 207 g/mol. The zero-order valence-corrected chi connectivity index (χ0v) is 9.65. The van der Waals surface area contributed by atoms with E-state index in [0.717, 1.165) is 5.69 Å². The van der Waals surface area contributed by atoms with Crippen molar-refractivity contribution in [1.29, 1.82) is 0 Å². The lowest BCUT2D eigenvalue weighted by Crippen LogP contribution is -2.25. The Labute approximate surface area is 90.7 Å². The van der Waals surface area contributed by atoms with Crippen LogP contribution in [-0.4, -0.2) is 26.2 Å². The molecule has 3 nitrogen and oxygen atoms in total. The van der Waals surface area contributed by atoms with E-state index in [1.807, 2.05) is 19.2 Å². The molecule has 0 saturated carbocycles. The molecular formula is C12H17NO2. The van der Waals surface area contributed by atoms with E-state index in [4.69, 9.17) is 0 Å². The fraction of sp³-hybridized carbons (Fsp3) is 0.417. The summed E-state index contributed by atoms with van der Waals surface area (Å²) in [5, 5.41) is 0. The molecular weight excluding hydrogens is 190 g/mol. The van der Waals surface area contributed by atoms with Gasteiger partial charge < -0.3 is 9.64 Å². The first-order valence-electron chi connectivity index (χ1n) is 4.97. The van der Waals surface area contributed by atoms with E-state index in [1.165, 1.54) is 7.11 Å². The van der Waals surface area contributed by atoms with Gasteiger partial charge >= 0.3 is 5.97 Å². The predicted octanol–water partition coefficient (Wildman–Crippen LogP) is 2.32. The normalized spacial score (nSPS) is 10.2. The maximum absolute atomic E-state index is 11.2. The highest BCUT2D eigenvalue weighted by molar-refractivity contribution is 5.89. The minimum absolute atomic E-state index is 0.297. The van der Waals surface area contributed by atoms with Crippen molar-refractivity contribution in [3.8, 4) is 0 Å². The number of rotatable bonds is 3. The van der Waals surface area contributed by atoms with Crippen LogP contribution in [0.25, 0.3) is 0 Å². The van der Waals surface area contributed by atoms with Crippen LogP contribution in [0.4, 0.5) is 5.69 Å². The quantitative estimate of drug-likeness (QED) is 0.712. The molecule has 0 unspecified atom stereocenters. The first-order chi connectivity index (χ1) is 7.06. The van der Waals surface area contributed by atoms with Crippen LogP contribution in [-0.2, 0) is 4.74 Å². The zero-order chi connectivity index (χ0) is 11.4. The predicted molar refractivity (Wildman–Crippen MR) is 61.3 cm³/mol. The molecule has 0 spiro atoms. The number of nitrogens with zero attached hydrogens (tertiary/aromatic N) is 1. The Morgan fingerprint density at radius 2 is 1.80 bits per heavy atom. The molecule has 0 fully saturated rings. The van der Waals surface area contributed by atoms with Crippen LogP contribution in [0, 0.1) is 0 Å². The number of hydrogen-bond acceptors (Lipinski definition) is 3. The number of esters is 1. The number of carbonyl (C=O) groups excluding carboxylic acids is 1. The highest BCUT2D eigenvalue weighted by Crippen LogP contribution is 2.16. The van der Waals surface area contributed by atoms with Gasteiger partial charge in [0.1, 0.15) is 0 Å². The lowest BCUT2D eigenvalue weighted by Gasteiger charge is -2.23. The molecule has 0 aliphatic rings. The summed E-state index contributed by atoms with van der Waals surface area (Å²) < 4.78 is 4.63. The third-order valence-corrected chi connectivity index (χ3v) is 2.47. The molecule has 1 aromatic carbocycles. The number of anilines is 1. The second-order valence-electron chi connectivity index (χ2n) is 3.74. The number of benzene rings is 1. The summed E-state index contributed by atoms with van der Waals surface area (Å²) >= 11 is 0. The van der Waals surface area contributed by atoms with E-state index in [-0.39, 0.29) is 5.97 Å². The molecule has 0 bridgehead atoms. The van der Waals surface area contributed by atoms with Gasteiger partial charge in [-0.25, -0.2) is 4.79 Å². The highest BCUT2D eigenvalue weighted by Gasteiger charge is 2.07. The van der Waals surface area contributed by atoms with Crippen LogP contribution in [0.15, 0.2) is 24.3 Å². The van der Waals surface area contributed by atoms with Gasteiger partial charge in [0.05, 0.1) is 12.7 Å². The van der Waals surface area contributed by atoms with Crippen LogP contribution in [0.1, 0.15) is 24.2 Å². The molecule has 0 heterocycles. The van der Waals surface area contributed by atoms with Gasteiger partial charge in [0, 0.05) is 18.8 Å². The molecule has 1 rings (SSSR count). The molecule has 82 valence electrons. The monoisotopic (exact) mass is 207 g/mol. The Balaban J connectivity index is 2.85. The fourth-order valence-corrected chi connectivity index (χ4v) is 1.25. The van der Waals surface area contributed by atoms with Crippen molar-refractivity contribution in [3.05, 3.63) is 29.8 Å². The third kappa shape index (κ3) is 2.72. The molecule has 15 heavy (non-hydrogen) atoms. The summed E-state index contributed by atoms with van der Waals surface area (Å²) in [6, 6.07) is 7.84. The maximum atomic E-state index is 11.2. The standard InChI is InChI=1S/C12H17NO2/c1-9(2)13(3)11-7-5-10(6-8-11)12(14)15-4/h5-9H,1-4H3. The number of ether oxygens (including phenoxy) is 1. The van der Waals surface area contributed by atoms with Gasteiger partial charge in [-0.3, -0.25) is 0 Å². The molecule has 0 saturated heterocycles. The second kappa shape index (κ2) is 4.82. The minimum Gasteiger partial charge on any atom is -0.465 e. The van der Waals surface area contributed by atoms with Crippen LogP contribution >= 0.6 is 0 Å². The van der Waals surface area contributed by atoms with E-state index in [1.54, 1.807) is 12.1 Å². The largest absolute Gasteiger partial charge is 0.465 e. The fourth-order valence-electron chi connectivity index (χ4n) is 1.25. The van der Waals surface area contributed by atoms with Gasteiger partial charge in [0.25, 0.3) is 0 Å². The van der Waals surface area contributed by atoms with E-state index in [0.29, 0.717) is 11.6 Å². The van der Waals surface area contributed by atoms with Crippen molar-refractivity contribution in [2.45, 2.75) is 19.9 Å². The second-order valence-corrected chi connectivity index (χ2v) is 3.74. The lowest BCUT2D eigenvalue weighted by atomic mass is 10.2. The van der Waals surface area contributed by atoms with Gasteiger partial charge in [-0.2, -0.15) is 0 Å². The Hall–Kier alpha value is -1.51. The topological polar surface area (TPSA) is 29.5 Å². The van der Waals surface area contributed by atoms with Crippen LogP contribution in [0.3, 0.4) is 0 Å². The molecule has 3 heteroatoms. The van der Waals surface area contributed by atoms with Crippen LogP contribution < -0.4 is 4.90 Å². The molecule has 1 aromatic rings. The molecule has 0 aromatic heterocycles. The van der Waals surface area contributed by atoms with Crippen molar-refractivity contribution in [2.24, 2.45) is 0 Å². The highest BCUT2D eigenvalue weighted by atomic mass is 16.5. The summed E-state index contributed by atoms with van der Waals surface area (Å²) in [6.45, 7) is 4.24. The summed E-state index contributed by atoms with van der Waals surface area (Å²) in [7, 11) is 3.41. The van der Waals surface area contributed by atoms with E-state index in [9.17, 15) is 4.79 Å². The molecule has 0 radical (unpaired) electrons. The molecule has 0 N–H and O–H groups in total. The van der Waals surface area contributed by atoms with Crippen LogP contribution in [0.5, 0.6) is 0 Å². The summed E-state index contributed by atoms with van der Waals surface area (Å²) in [6.07, 6.45) is 0. The minimum atomic E-state index is -0.297. The van der Waals surface area contributed by atoms with Crippen molar-refractivity contribution in [1.82, 2.24) is 0 Å². The van der Waals surface area contributed by atoms with Gasteiger partial charge in [-0.05, 0) is 38.1 Å². The Bertz CT molecular complexity index is 330. The Morgan fingerprint density at radius 1 is 1.27 bits per heavy atom. The lowest BCUT2D eigenvalue weighted by molar-refractivity contribution is 0.0601. The van der Waals surface area contributed by atoms with Crippen molar-refractivity contribution < 1.29 is 9.53 Å². The third-order valence-electron chi connectivity index (χ3n) is 2.47. The van der Waals surface area contributed by atoms with Crippen molar-refractivity contribution >= 4 is 11.7 Å². The van der Waals surface area contributed by atoms with Crippen molar-refractivity contribution in [3.63, 3.8) is 0 Å². The van der Waals surface area contributed by atoms with E-state index in [2.05, 4.69) is 23.5 Å². The Kier molecular flexibility index (Phi) is 3.72. The molecule has 0 atom stereocenters. The van der Waals surface area contributed by atoms with E-state index >= 15 is 0 Å².